The molecular weight excluding hydrogens is 248 g/mol. The fourth-order valence-corrected chi connectivity index (χ4v) is 2.89. The summed E-state index contributed by atoms with van der Waals surface area (Å²) in [6, 6.07) is 7.32. The molecule has 0 saturated heterocycles. The molecule has 0 radical (unpaired) electrons. The average molecular weight is 270 g/mol. The normalized spacial score (nSPS) is 13.8. The lowest BCUT2D eigenvalue weighted by molar-refractivity contribution is 0.569. The molecule has 2 N–H and O–H groups in total. The molecule has 0 aliphatic rings. The van der Waals surface area contributed by atoms with Gasteiger partial charge in [0.2, 0.25) is 10.0 Å². The van der Waals surface area contributed by atoms with E-state index in [4.69, 9.17) is 0 Å². The molecule has 18 heavy (non-hydrogen) atoms. The second-order valence-electron chi connectivity index (χ2n) is 4.81. The molecule has 0 aliphatic carbocycles. The van der Waals surface area contributed by atoms with E-state index in [1.165, 1.54) is 0 Å². The summed E-state index contributed by atoms with van der Waals surface area (Å²) in [5.41, 5.74) is 1.13. The molecule has 4 nitrogen and oxygen atoms in total. The molecule has 0 aromatic heterocycles. The lowest BCUT2D eigenvalue weighted by Crippen LogP contribution is -2.30. The Morgan fingerprint density at radius 3 is 2.11 bits per heavy atom. The first kappa shape index (κ1) is 15.1. The second kappa shape index (κ2) is 6.31. The number of likely N-dealkylation sites (N-methyl/N-ethyl adjacent to an activating group) is 1. The Labute approximate surface area is 110 Å². The maximum Gasteiger partial charge on any atom is 0.240 e. The van der Waals surface area contributed by atoms with E-state index in [-0.39, 0.29) is 6.04 Å². The predicted molar refractivity (Wildman–Crippen MR) is 74.1 cm³/mol. The van der Waals surface area contributed by atoms with Gasteiger partial charge in [0.1, 0.15) is 0 Å². The van der Waals surface area contributed by atoms with Crippen LogP contribution in [0.2, 0.25) is 0 Å². The largest absolute Gasteiger partial charge is 0.317 e. The van der Waals surface area contributed by atoms with Gasteiger partial charge in [-0.25, -0.2) is 13.1 Å². The molecule has 102 valence electrons. The number of nitrogens with one attached hydrogen (secondary N) is 2. The van der Waals surface area contributed by atoms with Gasteiger partial charge >= 0.3 is 0 Å². The predicted octanol–water partition coefficient (Wildman–Crippen LogP) is 1.52. The summed E-state index contributed by atoms with van der Waals surface area (Å²) in [7, 11) is -1.46. The highest BCUT2D eigenvalue weighted by Crippen LogP contribution is 2.12. The van der Waals surface area contributed by atoms with Gasteiger partial charge in [0, 0.05) is 12.1 Å². The molecule has 5 heteroatoms. The monoisotopic (exact) mass is 270 g/mol. The summed E-state index contributed by atoms with van der Waals surface area (Å²) < 4.78 is 26.4. The first-order valence-electron chi connectivity index (χ1n) is 6.13. The number of benzene rings is 1. The van der Waals surface area contributed by atoms with Crippen molar-refractivity contribution < 1.29 is 8.42 Å². The molecule has 0 aliphatic heterocycles. The fourth-order valence-electron chi connectivity index (χ4n) is 1.64. The van der Waals surface area contributed by atoms with Gasteiger partial charge < -0.3 is 5.32 Å². The highest BCUT2D eigenvalue weighted by Gasteiger charge is 2.14. The Hall–Kier alpha value is -0.910. The van der Waals surface area contributed by atoms with E-state index < -0.39 is 10.0 Å². The van der Waals surface area contributed by atoms with Gasteiger partial charge in [-0.05, 0) is 51.9 Å². The third kappa shape index (κ3) is 4.40. The Kier molecular flexibility index (Phi) is 5.31. The number of sulfonamides is 1. The van der Waals surface area contributed by atoms with Crippen LogP contribution in [0.15, 0.2) is 29.2 Å². The SMILES string of the molecule is CNC(C)Cc1ccc(S(=O)(=O)NC(C)C)cc1. The van der Waals surface area contributed by atoms with Crippen molar-refractivity contribution in [3.63, 3.8) is 0 Å². The van der Waals surface area contributed by atoms with Gasteiger partial charge in [-0.2, -0.15) is 0 Å². The molecule has 0 heterocycles. The summed E-state index contributed by atoms with van der Waals surface area (Å²) in [6.07, 6.45) is 0.883. The van der Waals surface area contributed by atoms with E-state index in [9.17, 15) is 8.42 Å². The lowest BCUT2D eigenvalue weighted by Gasteiger charge is -2.12. The molecule has 0 amide bonds. The van der Waals surface area contributed by atoms with Crippen molar-refractivity contribution >= 4 is 10.0 Å². The zero-order valence-electron chi connectivity index (χ0n) is 11.4. The summed E-state index contributed by atoms with van der Waals surface area (Å²) >= 11 is 0. The molecule has 0 saturated carbocycles. The van der Waals surface area contributed by atoms with Crippen LogP contribution in [0.5, 0.6) is 0 Å². The zero-order valence-corrected chi connectivity index (χ0v) is 12.2. The minimum atomic E-state index is -3.38. The first-order chi connectivity index (χ1) is 8.35. The summed E-state index contributed by atoms with van der Waals surface area (Å²) in [6.45, 7) is 5.70. The molecule has 0 spiro atoms. The minimum Gasteiger partial charge on any atom is -0.317 e. The summed E-state index contributed by atoms with van der Waals surface area (Å²) in [5, 5.41) is 3.15. The Bertz CT molecular complexity index is 466. The molecular formula is C13H22N2O2S. The number of hydrogen-bond donors (Lipinski definition) is 2. The van der Waals surface area contributed by atoms with Gasteiger partial charge in [0.15, 0.2) is 0 Å². The quantitative estimate of drug-likeness (QED) is 0.824. The molecule has 1 aromatic carbocycles. The van der Waals surface area contributed by atoms with Crippen molar-refractivity contribution in [1.82, 2.24) is 10.0 Å². The van der Waals surface area contributed by atoms with Crippen LogP contribution in [0.4, 0.5) is 0 Å². The molecule has 1 aromatic rings. The second-order valence-corrected chi connectivity index (χ2v) is 6.53. The summed E-state index contributed by atoms with van der Waals surface area (Å²) in [4.78, 5) is 0.317. The van der Waals surface area contributed by atoms with E-state index in [0.29, 0.717) is 10.9 Å². The lowest BCUT2D eigenvalue weighted by atomic mass is 10.1. The van der Waals surface area contributed by atoms with Crippen molar-refractivity contribution in [1.29, 1.82) is 0 Å². The minimum absolute atomic E-state index is 0.0982. The number of rotatable bonds is 6. The Morgan fingerprint density at radius 2 is 1.67 bits per heavy atom. The van der Waals surface area contributed by atoms with Crippen LogP contribution in [0.1, 0.15) is 26.3 Å². The molecule has 1 rings (SSSR count). The Balaban J connectivity index is 2.83. The standard InChI is InChI=1S/C13H22N2O2S/c1-10(2)15-18(16,17)13-7-5-12(6-8-13)9-11(3)14-4/h5-8,10-11,14-15H,9H2,1-4H3. The van der Waals surface area contributed by atoms with Crippen molar-refractivity contribution in [2.24, 2.45) is 0 Å². The van der Waals surface area contributed by atoms with E-state index >= 15 is 0 Å². The van der Waals surface area contributed by atoms with E-state index in [2.05, 4.69) is 17.0 Å². The highest BCUT2D eigenvalue weighted by atomic mass is 32.2. The topological polar surface area (TPSA) is 58.2 Å². The van der Waals surface area contributed by atoms with Crippen molar-refractivity contribution in [3.05, 3.63) is 29.8 Å². The van der Waals surface area contributed by atoms with Gasteiger partial charge in [-0.15, -0.1) is 0 Å². The molecule has 0 fully saturated rings. The van der Waals surface area contributed by atoms with Crippen LogP contribution >= 0.6 is 0 Å². The summed E-state index contributed by atoms with van der Waals surface area (Å²) in [5.74, 6) is 0. The smallest absolute Gasteiger partial charge is 0.240 e. The van der Waals surface area contributed by atoms with Crippen molar-refractivity contribution in [3.8, 4) is 0 Å². The zero-order chi connectivity index (χ0) is 13.8. The van der Waals surface area contributed by atoms with Crippen LogP contribution in [0, 0.1) is 0 Å². The maximum atomic E-state index is 11.9. The molecule has 1 atom stereocenters. The fraction of sp³-hybridized carbons (Fsp3) is 0.538. The van der Waals surface area contributed by atoms with E-state index in [0.717, 1.165) is 12.0 Å². The van der Waals surface area contributed by atoms with Gasteiger partial charge in [-0.3, -0.25) is 0 Å². The Morgan fingerprint density at radius 1 is 1.11 bits per heavy atom. The molecule has 0 bridgehead atoms. The third-order valence-corrected chi connectivity index (χ3v) is 4.33. The van der Waals surface area contributed by atoms with Crippen LogP contribution in [-0.2, 0) is 16.4 Å². The van der Waals surface area contributed by atoms with Crippen molar-refractivity contribution in [2.75, 3.05) is 7.05 Å². The van der Waals surface area contributed by atoms with E-state index in [1.807, 2.05) is 19.2 Å². The van der Waals surface area contributed by atoms with Crippen molar-refractivity contribution in [2.45, 2.75) is 44.2 Å². The molecule has 1 unspecified atom stereocenters. The van der Waals surface area contributed by atoms with Crippen LogP contribution in [0.25, 0.3) is 0 Å². The van der Waals surface area contributed by atoms with Crippen LogP contribution in [-0.4, -0.2) is 27.5 Å². The first-order valence-corrected chi connectivity index (χ1v) is 7.62. The number of hydrogen-bond acceptors (Lipinski definition) is 3. The third-order valence-electron chi connectivity index (χ3n) is 2.66. The van der Waals surface area contributed by atoms with Crippen LogP contribution in [0.3, 0.4) is 0 Å². The van der Waals surface area contributed by atoms with Crippen LogP contribution < -0.4 is 10.0 Å². The highest BCUT2D eigenvalue weighted by molar-refractivity contribution is 7.89. The van der Waals surface area contributed by atoms with Gasteiger partial charge in [-0.1, -0.05) is 12.1 Å². The van der Waals surface area contributed by atoms with Gasteiger partial charge in [0.05, 0.1) is 4.90 Å². The maximum absolute atomic E-state index is 11.9. The average Bonchev–Trinajstić information content (AvgIpc) is 2.28. The van der Waals surface area contributed by atoms with Gasteiger partial charge in [0.25, 0.3) is 0 Å². The van der Waals surface area contributed by atoms with E-state index in [1.54, 1.807) is 26.0 Å².